The number of nitrogens with one attached hydrogen (secondary N) is 2. The van der Waals surface area contributed by atoms with Crippen LogP contribution in [-0.4, -0.2) is 16.9 Å². The Kier molecular flexibility index (Phi) is 1.77. The number of hydrogen-bond acceptors (Lipinski definition) is 4. The fraction of sp³-hybridized carbons (Fsp3) is 0.182. The van der Waals surface area contributed by atoms with Crippen molar-refractivity contribution in [1.82, 2.24) is 15.6 Å². The average Bonchev–Trinajstić information content (AvgIpc) is 2.83. The van der Waals surface area contributed by atoms with Gasteiger partial charge in [-0.3, -0.25) is 15.1 Å². The first kappa shape index (κ1) is 9.83. The van der Waals surface area contributed by atoms with E-state index in [9.17, 15) is 9.59 Å². The van der Waals surface area contributed by atoms with E-state index in [-0.39, 0.29) is 0 Å². The molecule has 0 spiro atoms. The molecule has 0 saturated carbocycles. The van der Waals surface area contributed by atoms with Crippen molar-refractivity contribution in [2.24, 2.45) is 0 Å². The van der Waals surface area contributed by atoms with Crippen LogP contribution in [0.15, 0.2) is 29.0 Å². The molecule has 1 fully saturated rings. The van der Waals surface area contributed by atoms with Crippen LogP contribution in [0.25, 0.3) is 11.0 Å². The molecule has 1 unspecified atom stereocenters. The second kappa shape index (κ2) is 3.07. The van der Waals surface area contributed by atoms with Gasteiger partial charge in [0.15, 0.2) is 11.1 Å². The molecule has 0 aliphatic carbocycles. The van der Waals surface area contributed by atoms with Crippen molar-refractivity contribution in [3.05, 3.63) is 30.3 Å². The summed E-state index contributed by atoms with van der Waals surface area (Å²) in [5.74, 6) is -0.405. The van der Waals surface area contributed by atoms with Crippen molar-refractivity contribution >= 4 is 22.9 Å². The van der Waals surface area contributed by atoms with Crippen LogP contribution >= 0.6 is 0 Å². The van der Waals surface area contributed by atoms with Crippen LogP contribution in [0.5, 0.6) is 0 Å². The molecule has 1 aliphatic heterocycles. The molecule has 6 heteroatoms. The summed E-state index contributed by atoms with van der Waals surface area (Å²) in [6, 6.07) is 2.99. The van der Waals surface area contributed by atoms with Crippen LogP contribution in [0, 0.1) is 0 Å². The van der Waals surface area contributed by atoms with Gasteiger partial charge in [-0.2, -0.15) is 0 Å². The van der Waals surface area contributed by atoms with Crippen LogP contribution < -0.4 is 10.6 Å². The van der Waals surface area contributed by atoms with Gasteiger partial charge in [-0.15, -0.1) is 0 Å². The monoisotopic (exact) mass is 231 g/mol. The number of carbonyl (C=O) groups is 2. The Bertz CT molecular complexity index is 634. The van der Waals surface area contributed by atoms with E-state index < -0.39 is 17.5 Å². The topological polar surface area (TPSA) is 84.2 Å². The van der Waals surface area contributed by atoms with Gasteiger partial charge in [0.1, 0.15) is 0 Å². The highest BCUT2D eigenvalue weighted by molar-refractivity contribution is 6.07. The van der Waals surface area contributed by atoms with Gasteiger partial charge in [-0.1, -0.05) is 0 Å². The highest BCUT2D eigenvalue weighted by atomic mass is 16.3. The molecule has 3 heterocycles. The van der Waals surface area contributed by atoms with E-state index in [1.165, 1.54) is 6.20 Å². The summed E-state index contributed by atoms with van der Waals surface area (Å²) in [5, 5.41) is 5.59. The standard InChI is InChI=1S/C11H9N3O3/c1-11(9(15)13-10(16)14-11)8-4-6-2-3-17-7(6)5-12-8/h2-5H,1H3,(H2,13,14,15,16). The van der Waals surface area contributed by atoms with Crippen molar-refractivity contribution in [2.75, 3.05) is 0 Å². The summed E-state index contributed by atoms with van der Waals surface area (Å²) >= 11 is 0. The molecule has 1 atom stereocenters. The molecule has 17 heavy (non-hydrogen) atoms. The predicted octanol–water partition coefficient (Wildman–Crippen LogP) is 0.882. The lowest BCUT2D eigenvalue weighted by atomic mass is 9.97. The fourth-order valence-electron chi connectivity index (χ4n) is 1.86. The summed E-state index contributed by atoms with van der Waals surface area (Å²) in [6.45, 7) is 1.61. The first-order valence-corrected chi connectivity index (χ1v) is 5.07. The second-order valence-electron chi connectivity index (χ2n) is 4.06. The summed E-state index contributed by atoms with van der Waals surface area (Å²) in [4.78, 5) is 27.0. The molecule has 0 radical (unpaired) electrons. The quantitative estimate of drug-likeness (QED) is 0.713. The molecular formula is C11H9N3O3. The Morgan fingerprint density at radius 3 is 2.94 bits per heavy atom. The molecule has 3 rings (SSSR count). The highest BCUT2D eigenvalue weighted by Gasteiger charge is 2.44. The van der Waals surface area contributed by atoms with E-state index in [1.54, 1.807) is 25.3 Å². The minimum Gasteiger partial charge on any atom is -0.463 e. The first-order chi connectivity index (χ1) is 8.09. The molecule has 1 saturated heterocycles. The van der Waals surface area contributed by atoms with E-state index in [1.807, 2.05) is 0 Å². The number of imide groups is 1. The van der Waals surface area contributed by atoms with Crippen molar-refractivity contribution < 1.29 is 14.0 Å². The predicted molar refractivity (Wildman–Crippen MR) is 58.0 cm³/mol. The molecule has 0 bridgehead atoms. The second-order valence-corrected chi connectivity index (χ2v) is 4.06. The zero-order valence-electron chi connectivity index (χ0n) is 8.98. The third-order valence-corrected chi connectivity index (χ3v) is 2.90. The molecule has 86 valence electrons. The Hall–Kier alpha value is -2.37. The SMILES string of the molecule is CC1(c2cc3ccoc3cn2)NC(=O)NC1=O. The molecule has 2 N–H and O–H groups in total. The Labute approximate surface area is 96.0 Å². The third-order valence-electron chi connectivity index (χ3n) is 2.90. The number of pyridine rings is 1. The number of fused-ring (bicyclic) bond motifs is 1. The van der Waals surface area contributed by atoms with E-state index in [0.717, 1.165) is 5.39 Å². The lowest BCUT2D eigenvalue weighted by molar-refractivity contribution is -0.123. The van der Waals surface area contributed by atoms with Gasteiger partial charge in [-0.25, -0.2) is 4.79 Å². The van der Waals surface area contributed by atoms with Crippen LogP contribution in [0.3, 0.4) is 0 Å². The van der Waals surface area contributed by atoms with Crippen LogP contribution in [0.1, 0.15) is 12.6 Å². The smallest absolute Gasteiger partial charge is 0.322 e. The van der Waals surface area contributed by atoms with Gasteiger partial charge in [0.05, 0.1) is 18.2 Å². The Morgan fingerprint density at radius 2 is 2.24 bits per heavy atom. The minimum absolute atomic E-state index is 0.405. The van der Waals surface area contributed by atoms with Gasteiger partial charge in [0.25, 0.3) is 5.91 Å². The normalized spacial score (nSPS) is 23.8. The zero-order valence-corrected chi connectivity index (χ0v) is 8.98. The Morgan fingerprint density at radius 1 is 1.41 bits per heavy atom. The number of carbonyl (C=O) groups excluding carboxylic acids is 2. The summed E-state index contributed by atoms with van der Waals surface area (Å²) in [7, 11) is 0. The summed E-state index contributed by atoms with van der Waals surface area (Å²) in [5.41, 5.74) is -0.000411. The largest absolute Gasteiger partial charge is 0.463 e. The number of urea groups is 1. The maximum atomic E-state index is 11.7. The van der Waals surface area contributed by atoms with Crippen molar-refractivity contribution in [3.63, 3.8) is 0 Å². The molecule has 1 aliphatic rings. The number of aromatic nitrogens is 1. The molecule has 3 amide bonds. The average molecular weight is 231 g/mol. The van der Waals surface area contributed by atoms with E-state index in [4.69, 9.17) is 4.42 Å². The molecular weight excluding hydrogens is 222 g/mol. The summed E-state index contributed by atoms with van der Waals surface area (Å²) < 4.78 is 5.17. The molecule has 2 aromatic heterocycles. The number of amides is 3. The van der Waals surface area contributed by atoms with Gasteiger partial charge >= 0.3 is 6.03 Å². The number of hydrogen-bond donors (Lipinski definition) is 2. The van der Waals surface area contributed by atoms with Crippen molar-refractivity contribution in [1.29, 1.82) is 0 Å². The lowest BCUT2D eigenvalue weighted by Crippen LogP contribution is -2.41. The third kappa shape index (κ3) is 1.30. The number of nitrogens with zero attached hydrogens (tertiary/aromatic N) is 1. The van der Waals surface area contributed by atoms with Gasteiger partial charge in [-0.05, 0) is 19.1 Å². The van der Waals surface area contributed by atoms with Crippen LogP contribution in [0.4, 0.5) is 4.79 Å². The van der Waals surface area contributed by atoms with E-state index in [2.05, 4.69) is 15.6 Å². The zero-order chi connectivity index (χ0) is 12.0. The molecule has 2 aromatic rings. The highest BCUT2D eigenvalue weighted by Crippen LogP contribution is 2.25. The minimum atomic E-state index is -1.12. The van der Waals surface area contributed by atoms with E-state index in [0.29, 0.717) is 11.3 Å². The number of rotatable bonds is 1. The molecule has 0 aromatic carbocycles. The first-order valence-electron chi connectivity index (χ1n) is 5.07. The van der Waals surface area contributed by atoms with E-state index >= 15 is 0 Å². The summed E-state index contributed by atoms with van der Waals surface area (Å²) in [6.07, 6.45) is 3.08. The van der Waals surface area contributed by atoms with Gasteiger partial charge < -0.3 is 9.73 Å². The number of furan rings is 1. The van der Waals surface area contributed by atoms with Crippen molar-refractivity contribution in [2.45, 2.75) is 12.5 Å². The fourth-order valence-corrected chi connectivity index (χ4v) is 1.86. The maximum Gasteiger partial charge on any atom is 0.322 e. The van der Waals surface area contributed by atoms with Gasteiger partial charge in [0, 0.05) is 5.39 Å². The van der Waals surface area contributed by atoms with Crippen LogP contribution in [-0.2, 0) is 10.3 Å². The van der Waals surface area contributed by atoms with Gasteiger partial charge in [0.2, 0.25) is 0 Å². The van der Waals surface area contributed by atoms with Crippen molar-refractivity contribution in [3.8, 4) is 0 Å². The maximum absolute atomic E-state index is 11.7. The van der Waals surface area contributed by atoms with Crippen LogP contribution in [0.2, 0.25) is 0 Å². The Balaban J connectivity index is 2.14. The lowest BCUT2D eigenvalue weighted by Gasteiger charge is -2.19. The molecule has 6 nitrogen and oxygen atoms in total.